The van der Waals surface area contributed by atoms with Gasteiger partial charge in [0.25, 0.3) is 5.91 Å². The van der Waals surface area contributed by atoms with E-state index in [0.717, 1.165) is 0 Å². The molecule has 0 aliphatic carbocycles. The first kappa shape index (κ1) is 16.9. The molecule has 122 valence electrons. The first-order valence-electron chi connectivity index (χ1n) is 6.99. The summed E-state index contributed by atoms with van der Waals surface area (Å²) in [6.07, 6.45) is 0. The Morgan fingerprint density at radius 2 is 1.91 bits per heavy atom. The Morgan fingerprint density at radius 1 is 1.27 bits per heavy atom. The molecule has 1 amide bonds. The van der Waals surface area contributed by atoms with Gasteiger partial charge < -0.3 is 4.74 Å². The number of benzene rings is 1. The van der Waals surface area contributed by atoms with Gasteiger partial charge in [0, 0.05) is 32.7 Å². The van der Waals surface area contributed by atoms with Gasteiger partial charge in [0.1, 0.15) is 0 Å². The molecule has 0 unspecified atom stereocenters. The second-order valence-corrected chi connectivity index (χ2v) is 7.24. The van der Waals surface area contributed by atoms with Crippen molar-refractivity contribution < 1.29 is 17.9 Å². The van der Waals surface area contributed by atoms with E-state index in [-0.39, 0.29) is 10.8 Å². The van der Waals surface area contributed by atoms with E-state index in [2.05, 4.69) is 5.43 Å². The van der Waals surface area contributed by atoms with Gasteiger partial charge in [0.05, 0.1) is 18.1 Å². The third-order valence-electron chi connectivity index (χ3n) is 3.36. The first-order valence-corrected chi connectivity index (χ1v) is 8.43. The number of nitrogens with zero attached hydrogens (tertiary/aromatic N) is 2. The van der Waals surface area contributed by atoms with Crippen molar-refractivity contribution in [1.82, 2.24) is 14.7 Å². The fourth-order valence-corrected chi connectivity index (χ4v) is 3.87. The summed E-state index contributed by atoms with van der Waals surface area (Å²) in [5.74, 6) is -0.344. The van der Waals surface area contributed by atoms with Gasteiger partial charge in [0.15, 0.2) is 0 Å². The average molecular weight is 327 g/mol. The number of hydrogen-bond acceptors (Lipinski definition) is 5. The van der Waals surface area contributed by atoms with Crippen LogP contribution in [0.15, 0.2) is 23.1 Å². The molecule has 0 atom stereocenters. The maximum atomic E-state index is 12.7. The molecule has 1 heterocycles. The fourth-order valence-electron chi connectivity index (χ4n) is 2.21. The van der Waals surface area contributed by atoms with Crippen LogP contribution in [0.1, 0.15) is 15.9 Å². The molecule has 1 aliphatic heterocycles. The van der Waals surface area contributed by atoms with Gasteiger partial charge in [0.2, 0.25) is 10.0 Å². The van der Waals surface area contributed by atoms with E-state index >= 15 is 0 Å². The summed E-state index contributed by atoms with van der Waals surface area (Å²) in [4.78, 5) is 12.2. The number of amides is 1. The van der Waals surface area contributed by atoms with Gasteiger partial charge in [-0.3, -0.25) is 10.2 Å². The number of carbonyl (C=O) groups is 1. The van der Waals surface area contributed by atoms with Crippen LogP contribution < -0.4 is 5.43 Å². The van der Waals surface area contributed by atoms with E-state index in [1.54, 1.807) is 33.2 Å². The van der Waals surface area contributed by atoms with Crippen LogP contribution in [0.25, 0.3) is 0 Å². The molecule has 22 heavy (non-hydrogen) atoms. The summed E-state index contributed by atoms with van der Waals surface area (Å²) in [6, 6.07) is 4.70. The zero-order chi connectivity index (χ0) is 16.3. The molecule has 0 radical (unpaired) electrons. The van der Waals surface area contributed by atoms with Crippen LogP contribution in [0.3, 0.4) is 0 Å². The monoisotopic (exact) mass is 327 g/mol. The zero-order valence-corrected chi connectivity index (χ0v) is 13.8. The van der Waals surface area contributed by atoms with Crippen molar-refractivity contribution in [2.75, 3.05) is 40.4 Å². The predicted molar refractivity (Wildman–Crippen MR) is 81.9 cm³/mol. The quantitative estimate of drug-likeness (QED) is 0.801. The standard InChI is InChI=1S/C14H21N3O4S/c1-11-4-5-12(14(18)15-16(2)3)10-13(11)22(19,20)17-6-8-21-9-7-17/h4-5,10H,6-9H2,1-3H3,(H,15,18). The highest BCUT2D eigenvalue weighted by Gasteiger charge is 2.28. The summed E-state index contributed by atoms with van der Waals surface area (Å²) >= 11 is 0. The van der Waals surface area contributed by atoms with Crippen LogP contribution in [0, 0.1) is 6.92 Å². The molecule has 7 nitrogen and oxygen atoms in total. The summed E-state index contributed by atoms with van der Waals surface area (Å²) < 4.78 is 32.1. The van der Waals surface area contributed by atoms with Crippen molar-refractivity contribution in [3.8, 4) is 0 Å². The molecule has 0 bridgehead atoms. The maximum absolute atomic E-state index is 12.7. The van der Waals surface area contributed by atoms with Gasteiger partial charge in [-0.1, -0.05) is 6.07 Å². The highest BCUT2D eigenvalue weighted by Crippen LogP contribution is 2.22. The number of aryl methyl sites for hydroxylation is 1. The molecule has 0 aromatic heterocycles. The van der Waals surface area contributed by atoms with Crippen molar-refractivity contribution >= 4 is 15.9 Å². The van der Waals surface area contributed by atoms with E-state index < -0.39 is 10.0 Å². The van der Waals surface area contributed by atoms with Crippen molar-refractivity contribution in [2.24, 2.45) is 0 Å². The molecule has 1 aliphatic rings. The molecular weight excluding hydrogens is 306 g/mol. The normalized spacial score (nSPS) is 16.7. The molecular formula is C14H21N3O4S. The Hall–Kier alpha value is -1.48. The number of morpholine rings is 1. The van der Waals surface area contributed by atoms with Crippen molar-refractivity contribution in [3.05, 3.63) is 29.3 Å². The van der Waals surface area contributed by atoms with Crippen molar-refractivity contribution in [1.29, 1.82) is 0 Å². The average Bonchev–Trinajstić information content (AvgIpc) is 2.47. The lowest BCUT2D eigenvalue weighted by Crippen LogP contribution is -2.41. The van der Waals surface area contributed by atoms with Gasteiger partial charge in [-0.05, 0) is 24.6 Å². The number of carbonyl (C=O) groups excluding carboxylic acids is 1. The number of hydrogen-bond donors (Lipinski definition) is 1. The topological polar surface area (TPSA) is 79.0 Å². The number of rotatable bonds is 4. The van der Waals surface area contributed by atoms with E-state index in [4.69, 9.17) is 4.74 Å². The minimum atomic E-state index is -3.62. The largest absolute Gasteiger partial charge is 0.379 e. The lowest BCUT2D eigenvalue weighted by molar-refractivity contribution is 0.0730. The van der Waals surface area contributed by atoms with Crippen molar-refractivity contribution in [2.45, 2.75) is 11.8 Å². The van der Waals surface area contributed by atoms with Gasteiger partial charge in [-0.15, -0.1) is 0 Å². The maximum Gasteiger partial charge on any atom is 0.265 e. The van der Waals surface area contributed by atoms with E-state index in [1.165, 1.54) is 15.4 Å². The van der Waals surface area contributed by atoms with Gasteiger partial charge >= 0.3 is 0 Å². The Morgan fingerprint density at radius 3 is 2.50 bits per heavy atom. The van der Waals surface area contributed by atoms with Crippen molar-refractivity contribution in [3.63, 3.8) is 0 Å². The van der Waals surface area contributed by atoms with Crippen LogP contribution in [0.2, 0.25) is 0 Å². The second-order valence-electron chi connectivity index (χ2n) is 5.33. The number of nitrogens with one attached hydrogen (secondary N) is 1. The van der Waals surface area contributed by atoms with Crippen LogP contribution >= 0.6 is 0 Å². The number of sulfonamides is 1. The molecule has 1 saturated heterocycles. The van der Waals surface area contributed by atoms with E-state index in [9.17, 15) is 13.2 Å². The van der Waals surface area contributed by atoms with Gasteiger partial charge in [-0.25, -0.2) is 13.4 Å². The van der Waals surface area contributed by atoms with Crippen LogP contribution in [0.5, 0.6) is 0 Å². The Balaban J connectivity index is 2.35. The predicted octanol–water partition coefficient (Wildman–Crippen LogP) is 0.222. The van der Waals surface area contributed by atoms with E-state index in [0.29, 0.717) is 37.4 Å². The number of ether oxygens (including phenoxy) is 1. The summed E-state index contributed by atoms with van der Waals surface area (Å²) in [5.41, 5.74) is 3.53. The summed E-state index contributed by atoms with van der Waals surface area (Å²) in [7, 11) is -0.234. The Bertz CT molecular complexity index is 652. The zero-order valence-electron chi connectivity index (χ0n) is 13.0. The lowest BCUT2D eigenvalue weighted by atomic mass is 10.1. The van der Waals surface area contributed by atoms with Crippen LogP contribution in [-0.2, 0) is 14.8 Å². The van der Waals surface area contributed by atoms with E-state index in [1.807, 2.05) is 0 Å². The fraction of sp³-hybridized carbons (Fsp3) is 0.500. The molecule has 1 aromatic rings. The third kappa shape index (κ3) is 3.64. The molecule has 1 N–H and O–H groups in total. The van der Waals surface area contributed by atoms with Crippen LogP contribution in [0.4, 0.5) is 0 Å². The third-order valence-corrected chi connectivity index (χ3v) is 5.40. The highest BCUT2D eigenvalue weighted by molar-refractivity contribution is 7.89. The minimum absolute atomic E-state index is 0.167. The molecule has 0 spiro atoms. The highest BCUT2D eigenvalue weighted by atomic mass is 32.2. The SMILES string of the molecule is Cc1ccc(C(=O)NN(C)C)cc1S(=O)(=O)N1CCOCC1. The molecule has 1 fully saturated rings. The smallest absolute Gasteiger partial charge is 0.265 e. The Kier molecular flexibility index (Phi) is 5.17. The Labute approximate surface area is 130 Å². The summed E-state index contributed by atoms with van der Waals surface area (Å²) in [6.45, 7) is 3.16. The van der Waals surface area contributed by atoms with Gasteiger partial charge in [-0.2, -0.15) is 4.31 Å². The summed E-state index contributed by atoms with van der Waals surface area (Å²) in [5, 5.41) is 1.51. The number of hydrazine groups is 1. The molecule has 8 heteroatoms. The minimum Gasteiger partial charge on any atom is -0.379 e. The second kappa shape index (κ2) is 6.74. The molecule has 2 rings (SSSR count). The van der Waals surface area contributed by atoms with Crippen LogP contribution in [-0.4, -0.2) is 64.0 Å². The molecule has 0 saturated carbocycles. The first-order chi connectivity index (χ1) is 10.3. The lowest BCUT2D eigenvalue weighted by Gasteiger charge is -2.26. The molecule has 1 aromatic carbocycles.